The van der Waals surface area contributed by atoms with Crippen molar-refractivity contribution in [2.45, 2.75) is 59.0 Å². The molecule has 1 heterocycles. The third-order valence-electron chi connectivity index (χ3n) is 2.93. The monoisotopic (exact) mass is 269 g/mol. The number of nitrogens with two attached hydrogens (primary N) is 1. The van der Waals surface area contributed by atoms with E-state index in [9.17, 15) is 4.79 Å². The summed E-state index contributed by atoms with van der Waals surface area (Å²) in [7, 11) is 0. The van der Waals surface area contributed by atoms with Crippen LogP contribution in [0.1, 0.15) is 60.5 Å². The van der Waals surface area contributed by atoms with Crippen LogP contribution in [-0.4, -0.2) is 12.1 Å². The number of hydrogen-bond donors (Lipinski definition) is 1. The van der Waals surface area contributed by atoms with Crippen LogP contribution in [0.25, 0.3) is 0 Å². The topological polar surface area (TPSA) is 52.3 Å². The Bertz CT molecular complexity index is 368. The molecule has 0 saturated heterocycles. The maximum Gasteiger partial charge on any atom is 0.348 e. The fraction of sp³-hybridized carbons (Fsp3) is 0.643. The lowest BCUT2D eigenvalue weighted by Crippen LogP contribution is -2.14. The second kappa shape index (κ2) is 7.41. The van der Waals surface area contributed by atoms with Gasteiger partial charge in [-0.05, 0) is 32.8 Å². The van der Waals surface area contributed by atoms with Gasteiger partial charge >= 0.3 is 5.97 Å². The first-order chi connectivity index (χ1) is 8.54. The maximum atomic E-state index is 11.8. The number of unbranched alkanes of at least 4 members (excludes halogenated alkanes) is 3. The summed E-state index contributed by atoms with van der Waals surface area (Å²) in [6, 6.07) is 1.70. The molecule has 1 unspecified atom stereocenters. The Kier molecular flexibility index (Phi) is 6.19. The van der Waals surface area contributed by atoms with E-state index in [-0.39, 0.29) is 12.1 Å². The van der Waals surface area contributed by atoms with Gasteiger partial charge in [-0.3, -0.25) is 0 Å². The van der Waals surface area contributed by atoms with Crippen molar-refractivity contribution >= 4 is 23.0 Å². The van der Waals surface area contributed by atoms with Gasteiger partial charge in [0.1, 0.15) is 4.88 Å². The number of nitrogen functional groups attached to an aromatic ring is 1. The molecule has 0 aliphatic carbocycles. The molecule has 102 valence electrons. The molecule has 4 heteroatoms. The van der Waals surface area contributed by atoms with Crippen molar-refractivity contribution in [3.05, 3.63) is 15.8 Å². The molecule has 1 rings (SSSR count). The van der Waals surface area contributed by atoms with Gasteiger partial charge in [-0.15, -0.1) is 11.3 Å². The third kappa shape index (κ3) is 4.69. The fourth-order valence-corrected chi connectivity index (χ4v) is 2.58. The smallest absolute Gasteiger partial charge is 0.348 e. The summed E-state index contributed by atoms with van der Waals surface area (Å²) in [5.74, 6) is -0.247. The summed E-state index contributed by atoms with van der Waals surface area (Å²) in [4.78, 5) is 13.4. The Morgan fingerprint density at radius 1 is 1.44 bits per heavy atom. The van der Waals surface area contributed by atoms with E-state index in [4.69, 9.17) is 10.5 Å². The van der Waals surface area contributed by atoms with Crippen LogP contribution >= 0.6 is 11.3 Å². The molecular formula is C14H23NO2S. The van der Waals surface area contributed by atoms with Crippen LogP contribution in [0.4, 0.5) is 5.69 Å². The van der Waals surface area contributed by atoms with Gasteiger partial charge < -0.3 is 10.5 Å². The zero-order chi connectivity index (χ0) is 13.5. The molecule has 0 aliphatic heterocycles. The number of ether oxygens (including phenoxy) is 1. The van der Waals surface area contributed by atoms with E-state index in [2.05, 4.69) is 6.92 Å². The minimum absolute atomic E-state index is 0.0158. The van der Waals surface area contributed by atoms with E-state index < -0.39 is 0 Å². The molecule has 0 aromatic carbocycles. The molecule has 0 bridgehead atoms. The molecule has 2 N–H and O–H groups in total. The molecule has 0 amide bonds. The maximum absolute atomic E-state index is 11.8. The number of rotatable bonds is 7. The van der Waals surface area contributed by atoms with Crippen LogP contribution in [-0.2, 0) is 4.74 Å². The molecule has 0 spiro atoms. The second-order valence-corrected chi connectivity index (χ2v) is 5.94. The first kappa shape index (κ1) is 15.0. The van der Waals surface area contributed by atoms with E-state index in [1.54, 1.807) is 6.07 Å². The number of esters is 1. The normalized spacial score (nSPS) is 12.4. The van der Waals surface area contributed by atoms with Gasteiger partial charge in [-0.25, -0.2) is 4.79 Å². The van der Waals surface area contributed by atoms with Gasteiger partial charge in [0.25, 0.3) is 0 Å². The Morgan fingerprint density at radius 3 is 2.72 bits per heavy atom. The van der Waals surface area contributed by atoms with Gasteiger partial charge in [-0.2, -0.15) is 0 Å². The van der Waals surface area contributed by atoms with E-state index in [0.29, 0.717) is 10.6 Å². The summed E-state index contributed by atoms with van der Waals surface area (Å²) < 4.78 is 5.40. The quantitative estimate of drug-likeness (QED) is 0.597. The van der Waals surface area contributed by atoms with Crippen molar-refractivity contribution in [3.63, 3.8) is 0 Å². The van der Waals surface area contributed by atoms with Crippen molar-refractivity contribution in [1.82, 2.24) is 0 Å². The van der Waals surface area contributed by atoms with Crippen molar-refractivity contribution in [2.75, 3.05) is 5.73 Å². The summed E-state index contributed by atoms with van der Waals surface area (Å²) >= 11 is 1.40. The van der Waals surface area contributed by atoms with Crippen LogP contribution in [0, 0.1) is 6.92 Å². The average Bonchev–Trinajstić information content (AvgIpc) is 2.65. The number of carbonyl (C=O) groups is 1. The highest BCUT2D eigenvalue weighted by atomic mass is 32.1. The van der Waals surface area contributed by atoms with Gasteiger partial charge in [-0.1, -0.05) is 26.2 Å². The Labute approximate surface area is 113 Å². The fourth-order valence-electron chi connectivity index (χ4n) is 1.76. The predicted octanol–water partition coefficient (Wildman–Crippen LogP) is 4.15. The van der Waals surface area contributed by atoms with Crippen LogP contribution in [0.3, 0.4) is 0 Å². The Morgan fingerprint density at radius 2 is 2.17 bits per heavy atom. The van der Waals surface area contributed by atoms with Gasteiger partial charge in [0, 0.05) is 10.6 Å². The van der Waals surface area contributed by atoms with Gasteiger partial charge in [0.15, 0.2) is 0 Å². The zero-order valence-electron chi connectivity index (χ0n) is 11.5. The highest BCUT2D eigenvalue weighted by molar-refractivity contribution is 7.14. The highest BCUT2D eigenvalue weighted by Gasteiger charge is 2.15. The van der Waals surface area contributed by atoms with Crippen LogP contribution < -0.4 is 5.73 Å². The molecule has 1 aromatic heterocycles. The standard InChI is InChI=1S/C14H23NO2S/c1-4-5-6-7-8-10(2)17-14(16)13-9-12(15)11(3)18-13/h9-10H,4-8,15H2,1-3H3. The van der Waals surface area contributed by atoms with E-state index in [1.165, 1.54) is 30.6 Å². The van der Waals surface area contributed by atoms with E-state index in [1.807, 2.05) is 13.8 Å². The predicted molar refractivity (Wildman–Crippen MR) is 77.1 cm³/mol. The summed E-state index contributed by atoms with van der Waals surface area (Å²) in [6.45, 7) is 6.05. The minimum Gasteiger partial charge on any atom is -0.458 e. The highest BCUT2D eigenvalue weighted by Crippen LogP contribution is 2.24. The Hall–Kier alpha value is -1.03. The lowest BCUT2D eigenvalue weighted by Gasteiger charge is -2.12. The lowest BCUT2D eigenvalue weighted by molar-refractivity contribution is 0.0325. The first-order valence-corrected chi connectivity index (χ1v) is 7.43. The summed E-state index contributed by atoms with van der Waals surface area (Å²) in [6.07, 6.45) is 5.73. The van der Waals surface area contributed by atoms with Crippen molar-refractivity contribution < 1.29 is 9.53 Å². The van der Waals surface area contributed by atoms with Crippen molar-refractivity contribution in [3.8, 4) is 0 Å². The molecule has 0 saturated carbocycles. The number of carbonyl (C=O) groups excluding carboxylic acids is 1. The van der Waals surface area contributed by atoms with Crippen LogP contribution in [0.15, 0.2) is 6.07 Å². The SMILES string of the molecule is CCCCCCC(C)OC(=O)c1cc(N)c(C)s1. The number of aryl methyl sites for hydroxylation is 1. The zero-order valence-corrected chi connectivity index (χ0v) is 12.3. The summed E-state index contributed by atoms with van der Waals surface area (Å²) in [5.41, 5.74) is 6.39. The third-order valence-corrected chi connectivity index (χ3v) is 3.98. The number of thiophene rings is 1. The molecule has 0 radical (unpaired) electrons. The van der Waals surface area contributed by atoms with E-state index in [0.717, 1.165) is 17.7 Å². The largest absolute Gasteiger partial charge is 0.458 e. The average molecular weight is 269 g/mol. The van der Waals surface area contributed by atoms with Crippen molar-refractivity contribution in [1.29, 1.82) is 0 Å². The van der Waals surface area contributed by atoms with Crippen LogP contribution in [0.2, 0.25) is 0 Å². The minimum atomic E-state index is -0.247. The van der Waals surface area contributed by atoms with E-state index >= 15 is 0 Å². The summed E-state index contributed by atoms with van der Waals surface area (Å²) in [5, 5.41) is 0. The van der Waals surface area contributed by atoms with Gasteiger partial charge in [0.05, 0.1) is 6.10 Å². The Balaban J connectivity index is 2.35. The first-order valence-electron chi connectivity index (χ1n) is 6.61. The molecule has 3 nitrogen and oxygen atoms in total. The molecule has 1 atom stereocenters. The van der Waals surface area contributed by atoms with Crippen LogP contribution in [0.5, 0.6) is 0 Å². The second-order valence-electron chi connectivity index (χ2n) is 4.69. The lowest BCUT2D eigenvalue weighted by atomic mass is 10.1. The number of hydrogen-bond acceptors (Lipinski definition) is 4. The van der Waals surface area contributed by atoms with Crippen molar-refractivity contribution in [2.24, 2.45) is 0 Å². The molecule has 0 fully saturated rings. The molecule has 18 heavy (non-hydrogen) atoms. The molecular weight excluding hydrogens is 246 g/mol. The molecule has 1 aromatic rings. The number of anilines is 1. The molecule has 0 aliphatic rings. The van der Waals surface area contributed by atoms with Gasteiger partial charge in [0.2, 0.25) is 0 Å².